The van der Waals surface area contributed by atoms with Gasteiger partial charge in [-0.05, 0) is 44.0 Å². The lowest BCUT2D eigenvalue weighted by atomic mass is 10.0. The van der Waals surface area contributed by atoms with E-state index >= 15 is 0 Å². The summed E-state index contributed by atoms with van der Waals surface area (Å²) in [6.45, 7) is 6.90. The summed E-state index contributed by atoms with van der Waals surface area (Å²) in [6, 6.07) is 5.92. The third-order valence-electron chi connectivity index (χ3n) is 3.56. The van der Waals surface area contributed by atoms with E-state index < -0.39 is 0 Å². The van der Waals surface area contributed by atoms with Crippen molar-refractivity contribution in [1.29, 1.82) is 0 Å². The fourth-order valence-electron chi connectivity index (χ4n) is 2.07. The fraction of sp³-hybridized carbons (Fsp3) is 0.625. The highest BCUT2D eigenvalue weighted by atomic mass is 16.5. The van der Waals surface area contributed by atoms with Gasteiger partial charge in [0, 0.05) is 11.6 Å². The zero-order valence-corrected chi connectivity index (χ0v) is 13.1. The van der Waals surface area contributed by atoms with E-state index in [0.29, 0.717) is 5.92 Å². The van der Waals surface area contributed by atoms with E-state index in [2.05, 4.69) is 12.2 Å². The van der Waals surface area contributed by atoms with Crippen LogP contribution in [0.3, 0.4) is 0 Å². The van der Waals surface area contributed by atoms with Crippen LogP contribution >= 0.6 is 0 Å². The van der Waals surface area contributed by atoms with E-state index in [0.717, 1.165) is 30.0 Å². The van der Waals surface area contributed by atoms with Gasteiger partial charge in [-0.2, -0.15) is 0 Å². The van der Waals surface area contributed by atoms with Crippen molar-refractivity contribution in [3.05, 3.63) is 23.8 Å². The Kier molecular flexibility index (Phi) is 6.82. The van der Waals surface area contributed by atoms with Crippen LogP contribution in [0.5, 0.6) is 11.5 Å². The Hall–Kier alpha value is -1.26. The first-order chi connectivity index (χ1) is 9.49. The highest BCUT2D eigenvalue weighted by Crippen LogP contribution is 2.29. The molecule has 20 heavy (non-hydrogen) atoms. The number of methoxy groups -OCH3 is 2. The largest absolute Gasteiger partial charge is 0.497 e. The second-order valence-corrected chi connectivity index (χ2v) is 5.38. The molecule has 0 aliphatic rings. The molecule has 0 radical (unpaired) electrons. The molecule has 0 aromatic heterocycles. The minimum absolute atomic E-state index is 0.138. The molecule has 2 atom stereocenters. The molecule has 1 rings (SSSR count). The zero-order valence-electron chi connectivity index (χ0n) is 13.1. The lowest BCUT2D eigenvalue weighted by Crippen LogP contribution is -2.26. The SMILES string of the molecule is COc1ccc(OC)c(C(C)NCCC(O)C(C)C)c1. The maximum atomic E-state index is 9.81. The number of benzene rings is 1. The fourth-order valence-corrected chi connectivity index (χ4v) is 2.07. The van der Waals surface area contributed by atoms with Crippen LogP contribution in [0.4, 0.5) is 0 Å². The molecular formula is C16H27NO3. The van der Waals surface area contributed by atoms with E-state index in [1.807, 2.05) is 32.0 Å². The van der Waals surface area contributed by atoms with E-state index in [-0.39, 0.29) is 12.1 Å². The number of ether oxygens (including phenoxy) is 2. The molecule has 4 nitrogen and oxygen atoms in total. The van der Waals surface area contributed by atoms with Gasteiger partial charge in [-0.1, -0.05) is 13.8 Å². The van der Waals surface area contributed by atoms with Crippen molar-refractivity contribution < 1.29 is 14.6 Å². The smallest absolute Gasteiger partial charge is 0.123 e. The van der Waals surface area contributed by atoms with E-state index in [4.69, 9.17) is 9.47 Å². The van der Waals surface area contributed by atoms with Crippen molar-refractivity contribution in [1.82, 2.24) is 5.32 Å². The summed E-state index contributed by atoms with van der Waals surface area (Å²) in [5.74, 6) is 1.95. The van der Waals surface area contributed by atoms with Gasteiger partial charge in [-0.15, -0.1) is 0 Å². The third-order valence-corrected chi connectivity index (χ3v) is 3.56. The Morgan fingerprint density at radius 1 is 1.15 bits per heavy atom. The summed E-state index contributed by atoms with van der Waals surface area (Å²) < 4.78 is 10.6. The summed E-state index contributed by atoms with van der Waals surface area (Å²) in [5, 5.41) is 13.2. The highest BCUT2D eigenvalue weighted by Gasteiger charge is 2.14. The molecule has 0 amide bonds. The zero-order chi connectivity index (χ0) is 15.1. The molecule has 0 aliphatic heterocycles. The van der Waals surface area contributed by atoms with Gasteiger partial charge in [0.1, 0.15) is 11.5 Å². The molecule has 0 heterocycles. The number of aliphatic hydroxyl groups is 1. The van der Waals surface area contributed by atoms with E-state index in [1.165, 1.54) is 0 Å². The van der Waals surface area contributed by atoms with Crippen LogP contribution in [-0.4, -0.2) is 32.0 Å². The summed E-state index contributed by atoms with van der Waals surface area (Å²) in [7, 11) is 3.32. The van der Waals surface area contributed by atoms with Gasteiger partial charge in [0.2, 0.25) is 0 Å². The highest BCUT2D eigenvalue weighted by molar-refractivity contribution is 5.42. The van der Waals surface area contributed by atoms with Crippen molar-refractivity contribution in [2.24, 2.45) is 5.92 Å². The Balaban J connectivity index is 2.64. The number of hydrogen-bond donors (Lipinski definition) is 2. The lowest BCUT2D eigenvalue weighted by molar-refractivity contribution is 0.115. The molecule has 0 bridgehead atoms. The number of hydrogen-bond acceptors (Lipinski definition) is 4. The summed E-state index contributed by atoms with van der Waals surface area (Å²) in [6.07, 6.45) is 0.482. The Morgan fingerprint density at radius 2 is 1.85 bits per heavy atom. The summed E-state index contributed by atoms with van der Waals surface area (Å²) >= 11 is 0. The van der Waals surface area contributed by atoms with Crippen LogP contribution < -0.4 is 14.8 Å². The molecule has 0 saturated carbocycles. The van der Waals surface area contributed by atoms with Crippen LogP contribution in [0.25, 0.3) is 0 Å². The average molecular weight is 281 g/mol. The van der Waals surface area contributed by atoms with Gasteiger partial charge in [-0.25, -0.2) is 0 Å². The maximum absolute atomic E-state index is 9.81. The average Bonchev–Trinajstić information content (AvgIpc) is 2.45. The van der Waals surface area contributed by atoms with Crippen molar-refractivity contribution in [2.75, 3.05) is 20.8 Å². The number of nitrogens with one attached hydrogen (secondary N) is 1. The van der Waals surface area contributed by atoms with Crippen molar-refractivity contribution >= 4 is 0 Å². The van der Waals surface area contributed by atoms with Gasteiger partial charge in [0.25, 0.3) is 0 Å². The second-order valence-electron chi connectivity index (χ2n) is 5.38. The predicted octanol–water partition coefficient (Wildman–Crippen LogP) is 2.76. The lowest BCUT2D eigenvalue weighted by Gasteiger charge is -2.20. The first-order valence-corrected chi connectivity index (χ1v) is 7.13. The Bertz CT molecular complexity index is 407. The van der Waals surface area contributed by atoms with Gasteiger partial charge in [-0.3, -0.25) is 0 Å². The van der Waals surface area contributed by atoms with Crippen LogP contribution in [0, 0.1) is 5.92 Å². The first-order valence-electron chi connectivity index (χ1n) is 7.13. The Labute approximate surface area is 122 Å². The van der Waals surface area contributed by atoms with E-state index in [1.54, 1.807) is 14.2 Å². The second kappa shape index (κ2) is 8.12. The van der Waals surface area contributed by atoms with Gasteiger partial charge >= 0.3 is 0 Å². The molecule has 1 aromatic rings. The van der Waals surface area contributed by atoms with Crippen LogP contribution in [0.2, 0.25) is 0 Å². The minimum atomic E-state index is -0.262. The van der Waals surface area contributed by atoms with Crippen LogP contribution in [0.1, 0.15) is 38.8 Å². The minimum Gasteiger partial charge on any atom is -0.497 e. The topological polar surface area (TPSA) is 50.7 Å². The maximum Gasteiger partial charge on any atom is 0.123 e. The van der Waals surface area contributed by atoms with Crippen LogP contribution in [-0.2, 0) is 0 Å². The summed E-state index contributed by atoms with van der Waals surface area (Å²) in [5.41, 5.74) is 1.06. The van der Waals surface area contributed by atoms with Gasteiger partial charge in [0.05, 0.1) is 20.3 Å². The normalized spacial score (nSPS) is 14.2. The van der Waals surface area contributed by atoms with Crippen LogP contribution in [0.15, 0.2) is 18.2 Å². The quantitative estimate of drug-likeness (QED) is 0.769. The molecule has 1 aromatic carbocycles. The summed E-state index contributed by atoms with van der Waals surface area (Å²) in [4.78, 5) is 0. The molecular weight excluding hydrogens is 254 g/mol. The standard InChI is InChI=1S/C16H27NO3/c1-11(2)15(18)8-9-17-12(3)14-10-13(19-4)6-7-16(14)20-5/h6-7,10-12,15,17-18H,8-9H2,1-5H3. The molecule has 0 spiro atoms. The molecule has 0 saturated heterocycles. The van der Waals surface area contributed by atoms with Gasteiger partial charge < -0.3 is 19.9 Å². The van der Waals surface area contributed by atoms with E-state index in [9.17, 15) is 5.11 Å². The first kappa shape index (κ1) is 16.8. The number of aliphatic hydroxyl groups excluding tert-OH is 1. The molecule has 114 valence electrons. The Morgan fingerprint density at radius 3 is 2.40 bits per heavy atom. The molecule has 4 heteroatoms. The molecule has 2 N–H and O–H groups in total. The van der Waals surface area contributed by atoms with Crippen molar-refractivity contribution in [2.45, 2.75) is 39.3 Å². The molecule has 0 fully saturated rings. The van der Waals surface area contributed by atoms with Gasteiger partial charge in [0.15, 0.2) is 0 Å². The van der Waals surface area contributed by atoms with Crippen molar-refractivity contribution in [3.8, 4) is 11.5 Å². The van der Waals surface area contributed by atoms with Crippen molar-refractivity contribution in [3.63, 3.8) is 0 Å². The molecule has 2 unspecified atom stereocenters. The molecule has 0 aliphatic carbocycles. The predicted molar refractivity (Wildman–Crippen MR) is 81.4 cm³/mol. The monoisotopic (exact) mass is 281 g/mol. The third kappa shape index (κ3) is 4.69. The number of rotatable bonds is 8.